The molecule has 1 saturated carbocycles. The number of nitrogens with zero attached hydrogens (tertiary/aromatic N) is 1. The molecule has 2 unspecified atom stereocenters. The van der Waals surface area contributed by atoms with E-state index >= 15 is 0 Å². The van der Waals surface area contributed by atoms with Crippen molar-refractivity contribution in [1.29, 1.82) is 0 Å². The van der Waals surface area contributed by atoms with E-state index in [2.05, 4.69) is 38.7 Å². The van der Waals surface area contributed by atoms with Crippen molar-refractivity contribution in [2.75, 3.05) is 0 Å². The van der Waals surface area contributed by atoms with Gasteiger partial charge in [0.05, 0.1) is 0 Å². The summed E-state index contributed by atoms with van der Waals surface area (Å²) in [5.41, 5.74) is 1.79. The quantitative estimate of drug-likeness (QED) is 0.735. The molecule has 0 saturated heterocycles. The molecule has 0 aromatic carbocycles. The second-order valence-corrected chi connectivity index (χ2v) is 6.81. The molecule has 0 aliphatic heterocycles. The van der Waals surface area contributed by atoms with Crippen molar-refractivity contribution < 1.29 is 0 Å². The highest BCUT2D eigenvalue weighted by molar-refractivity contribution is 5.11. The van der Waals surface area contributed by atoms with Crippen LogP contribution in [0.25, 0.3) is 0 Å². The van der Waals surface area contributed by atoms with E-state index < -0.39 is 0 Å². The molecule has 1 nitrogen and oxygen atoms in total. The van der Waals surface area contributed by atoms with Crippen molar-refractivity contribution in [3.63, 3.8) is 0 Å². The van der Waals surface area contributed by atoms with Crippen LogP contribution in [0.3, 0.4) is 0 Å². The van der Waals surface area contributed by atoms with Gasteiger partial charge in [-0.1, -0.05) is 33.8 Å². The molecule has 2 rings (SSSR count). The molecule has 0 spiro atoms. The van der Waals surface area contributed by atoms with Crippen LogP contribution in [0.5, 0.6) is 0 Å². The average Bonchev–Trinajstić information content (AvgIpc) is 2.97. The van der Waals surface area contributed by atoms with Gasteiger partial charge in [0.2, 0.25) is 0 Å². The SMILES string of the molecule is CC(C)C1CC1CC(C)(C)Cc1cccnc1. The second-order valence-electron chi connectivity index (χ2n) is 6.81. The third-order valence-corrected chi connectivity index (χ3v) is 4.05. The van der Waals surface area contributed by atoms with E-state index in [9.17, 15) is 0 Å². The zero-order valence-corrected chi connectivity index (χ0v) is 11.6. The van der Waals surface area contributed by atoms with Crippen molar-refractivity contribution in [1.82, 2.24) is 4.98 Å². The van der Waals surface area contributed by atoms with Crippen LogP contribution < -0.4 is 0 Å². The van der Waals surface area contributed by atoms with Crippen LogP contribution in [0.1, 0.15) is 46.1 Å². The Morgan fingerprint density at radius 3 is 2.71 bits per heavy atom. The lowest BCUT2D eigenvalue weighted by atomic mass is 9.80. The summed E-state index contributed by atoms with van der Waals surface area (Å²) in [6.07, 6.45) is 7.84. The highest BCUT2D eigenvalue weighted by Gasteiger charge is 2.41. The summed E-state index contributed by atoms with van der Waals surface area (Å²) < 4.78 is 0. The summed E-state index contributed by atoms with van der Waals surface area (Å²) in [7, 11) is 0. The molecule has 1 heterocycles. The molecule has 94 valence electrons. The van der Waals surface area contributed by atoms with Gasteiger partial charge in [-0.15, -0.1) is 0 Å². The molecule has 1 aliphatic carbocycles. The maximum Gasteiger partial charge on any atom is 0.0300 e. The molecule has 0 bridgehead atoms. The Bertz CT molecular complexity index is 353. The van der Waals surface area contributed by atoms with Crippen LogP contribution in [0.15, 0.2) is 24.5 Å². The fraction of sp³-hybridized carbons (Fsp3) is 0.688. The number of rotatable bonds is 5. The van der Waals surface area contributed by atoms with Gasteiger partial charge in [0.1, 0.15) is 0 Å². The predicted molar refractivity (Wildman–Crippen MR) is 72.8 cm³/mol. The van der Waals surface area contributed by atoms with E-state index in [1.807, 2.05) is 18.5 Å². The molecule has 1 aliphatic rings. The maximum atomic E-state index is 4.21. The molecule has 0 radical (unpaired) electrons. The first kappa shape index (κ1) is 12.6. The van der Waals surface area contributed by atoms with Crippen LogP contribution in [0.4, 0.5) is 0 Å². The summed E-state index contributed by atoms with van der Waals surface area (Å²) >= 11 is 0. The topological polar surface area (TPSA) is 12.9 Å². The summed E-state index contributed by atoms with van der Waals surface area (Å²) in [6.45, 7) is 9.52. The number of pyridine rings is 1. The molecule has 1 heteroatoms. The first-order valence-corrected chi connectivity index (χ1v) is 6.87. The minimum atomic E-state index is 0.414. The van der Waals surface area contributed by atoms with Crippen LogP contribution in [-0.2, 0) is 6.42 Å². The summed E-state index contributed by atoms with van der Waals surface area (Å²) in [4.78, 5) is 4.21. The Labute approximate surface area is 106 Å². The van der Waals surface area contributed by atoms with E-state index in [1.54, 1.807) is 0 Å². The van der Waals surface area contributed by atoms with E-state index in [1.165, 1.54) is 18.4 Å². The summed E-state index contributed by atoms with van der Waals surface area (Å²) in [5.74, 6) is 2.83. The third kappa shape index (κ3) is 3.55. The normalized spacial score (nSPS) is 24.1. The van der Waals surface area contributed by atoms with Crippen molar-refractivity contribution in [2.24, 2.45) is 23.2 Å². The largest absolute Gasteiger partial charge is 0.264 e. The molecule has 1 aromatic heterocycles. The Kier molecular flexibility index (Phi) is 3.56. The van der Waals surface area contributed by atoms with Crippen LogP contribution in [-0.4, -0.2) is 4.98 Å². The lowest BCUT2D eigenvalue weighted by molar-refractivity contribution is 0.297. The minimum absolute atomic E-state index is 0.414. The van der Waals surface area contributed by atoms with Crippen molar-refractivity contribution in [2.45, 2.75) is 47.0 Å². The molecular formula is C16H25N. The molecule has 1 aromatic rings. The van der Waals surface area contributed by atoms with Gasteiger partial charge in [0.15, 0.2) is 0 Å². The fourth-order valence-corrected chi connectivity index (χ4v) is 3.16. The Morgan fingerprint density at radius 1 is 1.41 bits per heavy atom. The fourth-order valence-electron chi connectivity index (χ4n) is 3.16. The number of aromatic nitrogens is 1. The van der Waals surface area contributed by atoms with Gasteiger partial charge in [-0.05, 0) is 54.1 Å². The standard InChI is InChI=1S/C16H25N/c1-12(2)15-8-14(15)10-16(3,4)9-13-6-5-7-17-11-13/h5-7,11-12,14-15H,8-10H2,1-4H3. The smallest absolute Gasteiger partial charge is 0.0300 e. The minimum Gasteiger partial charge on any atom is -0.264 e. The first-order valence-electron chi connectivity index (χ1n) is 6.87. The summed E-state index contributed by atoms with van der Waals surface area (Å²) in [6, 6.07) is 4.24. The zero-order valence-electron chi connectivity index (χ0n) is 11.6. The van der Waals surface area contributed by atoms with Crippen LogP contribution >= 0.6 is 0 Å². The van der Waals surface area contributed by atoms with E-state index in [0.29, 0.717) is 5.41 Å². The van der Waals surface area contributed by atoms with E-state index in [4.69, 9.17) is 0 Å². The number of hydrogen-bond donors (Lipinski definition) is 0. The predicted octanol–water partition coefficient (Wildman–Crippen LogP) is 4.33. The van der Waals surface area contributed by atoms with Gasteiger partial charge in [-0.2, -0.15) is 0 Å². The lowest BCUT2D eigenvalue weighted by Crippen LogP contribution is -2.16. The van der Waals surface area contributed by atoms with E-state index in [0.717, 1.165) is 24.2 Å². The van der Waals surface area contributed by atoms with Crippen LogP contribution in [0.2, 0.25) is 0 Å². The monoisotopic (exact) mass is 231 g/mol. The highest BCUT2D eigenvalue weighted by Crippen LogP contribution is 2.50. The molecule has 17 heavy (non-hydrogen) atoms. The van der Waals surface area contributed by atoms with Crippen molar-refractivity contribution in [3.8, 4) is 0 Å². The van der Waals surface area contributed by atoms with E-state index in [-0.39, 0.29) is 0 Å². The Hall–Kier alpha value is -0.850. The van der Waals surface area contributed by atoms with Crippen LogP contribution in [0, 0.1) is 23.2 Å². The lowest BCUT2D eigenvalue weighted by Gasteiger charge is -2.25. The van der Waals surface area contributed by atoms with Gasteiger partial charge in [0.25, 0.3) is 0 Å². The van der Waals surface area contributed by atoms with Crippen molar-refractivity contribution in [3.05, 3.63) is 30.1 Å². The molecule has 1 fully saturated rings. The maximum absolute atomic E-state index is 4.21. The van der Waals surface area contributed by atoms with Crippen molar-refractivity contribution >= 4 is 0 Å². The Balaban J connectivity index is 1.88. The first-order chi connectivity index (χ1) is 7.98. The van der Waals surface area contributed by atoms with Gasteiger partial charge >= 0.3 is 0 Å². The average molecular weight is 231 g/mol. The van der Waals surface area contributed by atoms with Gasteiger partial charge in [0, 0.05) is 12.4 Å². The molecule has 2 atom stereocenters. The highest BCUT2D eigenvalue weighted by atomic mass is 14.6. The summed E-state index contributed by atoms with van der Waals surface area (Å²) in [5, 5.41) is 0. The molecule has 0 N–H and O–H groups in total. The Morgan fingerprint density at radius 2 is 2.18 bits per heavy atom. The second kappa shape index (κ2) is 4.80. The molecule has 0 amide bonds. The number of hydrogen-bond acceptors (Lipinski definition) is 1. The van der Waals surface area contributed by atoms with Gasteiger partial charge < -0.3 is 0 Å². The van der Waals surface area contributed by atoms with Gasteiger partial charge in [-0.3, -0.25) is 4.98 Å². The third-order valence-electron chi connectivity index (χ3n) is 4.05. The molecular weight excluding hydrogens is 206 g/mol. The zero-order chi connectivity index (χ0) is 12.5. The van der Waals surface area contributed by atoms with Gasteiger partial charge in [-0.25, -0.2) is 0 Å².